The van der Waals surface area contributed by atoms with Gasteiger partial charge in [0.05, 0.1) is 0 Å². The quantitative estimate of drug-likeness (QED) is 0.509. The molecular formula is C26H30N2O. The summed E-state index contributed by atoms with van der Waals surface area (Å²) in [6, 6.07) is 29.0. The monoisotopic (exact) mass is 386 g/mol. The van der Waals surface area contributed by atoms with Crippen LogP contribution in [-0.2, 0) is 4.79 Å². The molecule has 1 amide bonds. The number of amides is 1. The summed E-state index contributed by atoms with van der Waals surface area (Å²) in [5, 5.41) is 3.07. The Bertz CT molecular complexity index is 850. The maximum absolute atomic E-state index is 12.8. The number of anilines is 2. The van der Waals surface area contributed by atoms with Crippen LogP contribution in [0.3, 0.4) is 0 Å². The van der Waals surface area contributed by atoms with Gasteiger partial charge in [-0.3, -0.25) is 4.79 Å². The van der Waals surface area contributed by atoms with E-state index in [4.69, 9.17) is 0 Å². The van der Waals surface area contributed by atoms with Gasteiger partial charge in [-0.25, -0.2) is 0 Å². The van der Waals surface area contributed by atoms with Crippen LogP contribution in [-0.4, -0.2) is 18.5 Å². The Labute approximate surface area is 174 Å². The van der Waals surface area contributed by atoms with Crippen molar-refractivity contribution in [3.05, 3.63) is 96.1 Å². The molecule has 3 nitrogen and oxygen atoms in total. The van der Waals surface area contributed by atoms with E-state index in [9.17, 15) is 4.79 Å². The van der Waals surface area contributed by atoms with Crippen molar-refractivity contribution >= 4 is 17.3 Å². The van der Waals surface area contributed by atoms with Crippen LogP contribution in [0.25, 0.3) is 0 Å². The summed E-state index contributed by atoms with van der Waals surface area (Å²) in [5.74, 6) is 0.0554. The lowest BCUT2D eigenvalue weighted by Gasteiger charge is -2.27. The van der Waals surface area contributed by atoms with E-state index < -0.39 is 0 Å². The van der Waals surface area contributed by atoms with E-state index in [0.29, 0.717) is 12.5 Å². The van der Waals surface area contributed by atoms with E-state index >= 15 is 0 Å². The van der Waals surface area contributed by atoms with Crippen molar-refractivity contribution in [2.75, 3.05) is 16.8 Å². The first-order valence-electron chi connectivity index (χ1n) is 10.3. The van der Waals surface area contributed by atoms with Crippen molar-refractivity contribution < 1.29 is 4.79 Å². The summed E-state index contributed by atoms with van der Waals surface area (Å²) >= 11 is 0. The maximum atomic E-state index is 12.8. The topological polar surface area (TPSA) is 32.3 Å². The van der Waals surface area contributed by atoms with E-state index in [-0.39, 0.29) is 11.8 Å². The molecule has 0 spiro atoms. The fourth-order valence-corrected chi connectivity index (χ4v) is 3.78. The minimum Gasteiger partial charge on any atom is -0.369 e. The highest BCUT2D eigenvalue weighted by Crippen LogP contribution is 2.28. The predicted octanol–water partition coefficient (Wildman–Crippen LogP) is 6.08. The largest absolute Gasteiger partial charge is 0.369 e. The molecule has 1 N–H and O–H groups in total. The van der Waals surface area contributed by atoms with E-state index in [0.717, 1.165) is 23.4 Å². The predicted molar refractivity (Wildman–Crippen MR) is 123 cm³/mol. The zero-order valence-electron chi connectivity index (χ0n) is 17.5. The van der Waals surface area contributed by atoms with Gasteiger partial charge in [-0.05, 0) is 56.2 Å². The number of hydrogen-bond donors (Lipinski definition) is 1. The van der Waals surface area contributed by atoms with Crippen LogP contribution in [0, 0.1) is 0 Å². The SMILES string of the molecule is CCN(c1ccc(NC(=O)CC(c2ccccc2)c2ccccc2)cc1)C(C)C. The summed E-state index contributed by atoms with van der Waals surface area (Å²) in [4.78, 5) is 15.2. The lowest BCUT2D eigenvalue weighted by Crippen LogP contribution is -2.30. The normalized spacial score (nSPS) is 10.9. The highest BCUT2D eigenvalue weighted by Gasteiger charge is 2.18. The number of carbonyl (C=O) groups excluding carboxylic acids is 1. The first kappa shape index (κ1) is 20.7. The van der Waals surface area contributed by atoms with Gasteiger partial charge in [0, 0.05) is 36.3 Å². The average Bonchev–Trinajstić information content (AvgIpc) is 2.75. The molecule has 0 aromatic heterocycles. The number of nitrogens with one attached hydrogen (secondary N) is 1. The number of hydrogen-bond acceptors (Lipinski definition) is 2. The zero-order chi connectivity index (χ0) is 20.6. The van der Waals surface area contributed by atoms with Gasteiger partial charge in [0.1, 0.15) is 0 Å². The number of benzene rings is 3. The summed E-state index contributed by atoms with van der Waals surface area (Å²) in [7, 11) is 0. The highest BCUT2D eigenvalue weighted by atomic mass is 16.1. The van der Waals surface area contributed by atoms with Crippen LogP contribution in [0.1, 0.15) is 44.2 Å². The fraction of sp³-hybridized carbons (Fsp3) is 0.269. The van der Waals surface area contributed by atoms with Crippen LogP contribution in [0.5, 0.6) is 0 Å². The molecular weight excluding hydrogens is 356 g/mol. The van der Waals surface area contributed by atoms with Gasteiger partial charge < -0.3 is 10.2 Å². The summed E-state index contributed by atoms with van der Waals surface area (Å²) in [5.41, 5.74) is 4.31. The van der Waals surface area contributed by atoms with Gasteiger partial charge in [-0.1, -0.05) is 60.7 Å². The van der Waals surface area contributed by atoms with Gasteiger partial charge >= 0.3 is 0 Å². The molecule has 0 aliphatic heterocycles. The molecule has 3 aromatic rings. The second kappa shape index (κ2) is 9.92. The molecule has 0 aliphatic rings. The maximum Gasteiger partial charge on any atom is 0.225 e. The van der Waals surface area contributed by atoms with Crippen LogP contribution in [0.15, 0.2) is 84.9 Å². The Balaban J connectivity index is 1.72. The molecule has 0 fully saturated rings. The Morgan fingerprint density at radius 2 is 1.34 bits per heavy atom. The van der Waals surface area contributed by atoms with Gasteiger partial charge in [0.15, 0.2) is 0 Å². The average molecular weight is 387 g/mol. The smallest absolute Gasteiger partial charge is 0.225 e. The highest BCUT2D eigenvalue weighted by molar-refractivity contribution is 5.91. The van der Waals surface area contributed by atoms with Crippen LogP contribution >= 0.6 is 0 Å². The molecule has 150 valence electrons. The molecule has 3 aromatic carbocycles. The molecule has 0 saturated carbocycles. The third-order valence-corrected chi connectivity index (χ3v) is 5.24. The minimum atomic E-state index is 0.0201. The molecule has 0 saturated heterocycles. The zero-order valence-corrected chi connectivity index (χ0v) is 17.5. The molecule has 0 radical (unpaired) electrons. The lowest BCUT2D eigenvalue weighted by molar-refractivity contribution is -0.116. The lowest BCUT2D eigenvalue weighted by atomic mass is 9.88. The molecule has 0 heterocycles. The third kappa shape index (κ3) is 5.47. The number of nitrogens with zero attached hydrogens (tertiary/aromatic N) is 1. The van der Waals surface area contributed by atoms with Crippen LogP contribution in [0.2, 0.25) is 0 Å². The van der Waals surface area contributed by atoms with Gasteiger partial charge in [-0.2, -0.15) is 0 Å². The Morgan fingerprint density at radius 1 is 0.828 bits per heavy atom. The van der Waals surface area contributed by atoms with E-state index in [1.165, 1.54) is 5.69 Å². The first-order chi connectivity index (χ1) is 14.1. The van der Waals surface area contributed by atoms with Crippen molar-refractivity contribution in [1.82, 2.24) is 0 Å². The van der Waals surface area contributed by atoms with Crippen LogP contribution in [0.4, 0.5) is 11.4 Å². The van der Waals surface area contributed by atoms with E-state index in [1.54, 1.807) is 0 Å². The Hall–Kier alpha value is -3.07. The fourth-order valence-electron chi connectivity index (χ4n) is 3.78. The van der Waals surface area contributed by atoms with Gasteiger partial charge in [-0.15, -0.1) is 0 Å². The van der Waals surface area contributed by atoms with Gasteiger partial charge in [0.2, 0.25) is 5.91 Å². The standard InChI is InChI=1S/C26H30N2O/c1-4-28(20(2)3)24-17-15-23(16-18-24)27-26(29)19-25(21-11-7-5-8-12-21)22-13-9-6-10-14-22/h5-18,20,25H,4,19H2,1-3H3,(H,27,29). The van der Waals surface area contributed by atoms with Crippen molar-refractivity contribution in [2.45, 2.75) is 39.2 Å². The Kier molecular flexibility index (Phi) is 7.07. The Morgan fingerprint density at radius 3 is 1.79 bits per heavy atom. The van der Waals surface area contributed by atoms with Crippen molar-refractivity contribution in [2.24, 2.45) is 0 Å². The summed E-state index contributed by atoms with van der Waals surface area (Å²) < 4.78 is 0. The number of carbonyl (C=O) groups is 1. The van der Waals surface area contributed by atoms with Crippen molar-refractivity contribution in [1.29, 1.82) is 0 Å². The molecule has 29 heavy (non-hydrogen) atoms. The molecule has 0 unspecified atom stereocenters. The minimum absolute atomic E-state index is 0.0201. The second-order valence-electron chi connectivity index (χ2n) is 7.55. The molecule has 0 bridgehead atoms. The first-order valence-corrected chi connectivity index (χ1v) is 10.3. The third-order valence-electron chi connectivity index (χ3n) is 5.24. The van der Waals surface area contributed by atoms with E-state index in [2.05, 4.69) is 67.4 Å². The second-order valence-corrected chi connectivity index (χ2v) is 7.55. The summed E-state index contributed by atoms with van der Waals surface area (Å²) in [6.45, 7) is 7.49. The summed E-state index contributed by atoms with van der Waals surface area (Å²) in [6.07, 6.45) is 0.406. The van der Waals surface area contributed by atoms with Crippen molar-refractivity contribution in [3.8, 4) is 0 Å². The van der Waals surface area contributed by atoms with Crippen LogP contribution < -0.4 is 10.2 Å². The molecule has 0 aliphatic carbocycles. The molecule has 3 heteroatoms. The molecule has 3 rings (SSSR count). The molecule has 0 atom stereocenters. The van der Waals surface area contributed by atoms with Crippen molar-refractivity contribution in [3.63, 3.8) is 0 Å². The number of rotatable bonds is 8. The van der Waals surface area contributed by atoms with Gasteiger partial charge in [0.25, 0.3) is 0 Å². The van der Waals surface area contributed by atoms with E-state index in [1.807, 2.05) is 48.5 Å².